The highest BCUT2D eigenvalue weighted by Gasteiger charge is 2.27. The molecule has 2 aromatic rings. The Bertz CT molecular complexity index is 626. The molecular formula is C14H13BrClN3. The summed E-state index contributed by atoms with van der Waals surface area (Å²) in [5, 5.41) is 3.76. The van der Waals surface area contributed by atoms with E-state index in [-0.39, 0.29) is 0 Å². The number of nitrogens with one attached hydrogen (secondary N) is 1. The molecule has 1 aromatic carbocycles. The van der Waals surface area contributed by atoms with Crippen molar-refractivity contribution >= 4 is 39.0 Å². The lowest BCUT2D eigenvalue weighted by Gasteiger charge is -2.09. The summed E-state index contributed by atoms with van der Waals surface area (Å²) in [4.78, 5) is 8.80. The Kier molecular flexibility index (Phi) is 3.46. The number of nitrogens with zero attached hydrogens (tertiary/aromatic N) is 2. The van der Waals surface area contributed by atoms with Crippen LogP contribution in [0.3, 0.4) is 0 Å². The number of aromatic nitrogens is 2. The highest BCUT2D eigenvalue weighted by Crippen LogP contribution is 2.39. The van der Waals surface area contributed by atoms with E-state index in [1.165, 1.54) is 5.56 Å². The van der Waals surface area contributed by atoms with Crippen LogP contribution in [0.5, 0.6) is 0 Å². The van der Waals surface area contributed by atoms with E-state index in [0.717, 1.165) is 34.6 Å². The average Bonchev–Trinajstić information content (AvgIpc) is 3.17. The topological polar surface area (TPSA) is 37.8 Å². The van der Waals surface area contributed by atoms with Crippen LogP contribution in [0.15, 0.2) is 28.7 Å². The van der Waals surface area contributed by atoms with Crippen molar-refractivity contribution in [2.45, 2.75) is 25.7 Å². The van der Waals surface area contributed by atoms with E-state index in [1.807, 2.05) is 12.1 Å². The van der Waals surface area contributed by atoms with E-state index in [2.05, 4.69) is 44.2 Å². The molecule has 0 unspecified atom stereocenters. The standard InChI is InChI=1S/C14H13BrClN3/c1-8-2-5-10(6-11(8)15)17-13-7-12(16)18-14(19-13)9-3-4-9/h2,5-7,9H,3-4H2,1H3,(H,17,18,19). The van der Waals surface area contributed by atoms with Gasteiger partial charge in [0.15, 0.2) is 0 Å². The summed E-state index contributed by atoms with van der Waals surface area (Å²) in [7, 11) is 0. The molecule has 5 heteroatoms. The molecule has 1 aliphatic rings. The molecule has 1 aromatic heterocycles. The first-order valence-electron chi connectivity index (χ1n) is 6.19. The van der Waals surface area contributed by atoms with Crippen molar-refractivity contribution in [2.75, 3.05) is 5.32 Å². The quantitative estimate of drug-likeness (QED) is 0.815. The van der Waals surface area contributed by atoms with Gasteiger partial charge in [0.05, 0.1) is 0 Å². The first kappa shape index (κ1) is 12.9. The molecule has 98 valence electrons. The van der Waals surface area contributed by atoms with E-state index in [9.17, 15) is 0 Å². The summed E-state index contributed by atoms with van der Waals surface area (Å²) >= 11 is 9.57. The first-order chi connectivity index (χ1) is 9.11. The summed E-state index contributed by atoms with van der Waals surface area (Å²) in [6, 6.07) is 7.85. The molecule has 3 rings (SSSR count). The lowest BCUT2D eigenvalue weighted by atomic mass is 10.2. The molecule has 1 heterocycles. The third kappa shape index (κ3) is 3.07. The lowest BCUT2D eigenvalue weighted by Crippen LogP contribution is -1.99. The number of rotatable bonds is 3. The van der Waals surface area contributed by atoms with Gasteiger partial charge in [-0.15, -0.1) is 0 Å². The van der Waals surface area contributed by atoms with Gasteiger partial charge in [-0.2, -0.15) is 0 Å². The summed E-state index contributed by atoms with van der Waals surface area (Å²) in [5.74, 6) is 2.09. The fourth-order valence-electron chi connectivity index (χ4n) is 1.84. The zero-order chi connectivity index (χ0) is 13.4. The number of hydrogen-bond acceptors (Lipinski definition) is 3. The van der Waals surface area contributed by atoms with Gasteiger partial charge in [-0.25, -0.2) is 9.97 Å². The monoisotopic (exact) mass is 337 g/mol. The SMILES string of the molecule is Cc1ccc(Nc2cc(Cl)nc(C3CC3)n2)cc1Br. The molecule has 1 N–H and O–H groups in total. The van der Waals surface area contributed by atoms with Crippen molar-refractivity contribution in [3.63, 3.8) is 0 Å². The van der Waals surface area contributed by atoms with E-state index < -0.39 is 0 Å². The first-order valence-corrected chi connectivity index (χ1v) is 7.36. The fraction of sp³-hybridized carbons (Fsp3) is 0.286. The summed E-state index contributed by atoms with van der Waals surface area (Å²) < 4.78 is 1.07. The molecule has 1 aliphatic carbocycles. The molecule has 3 nitrogen and oxygen atoms in total. The maximum Gasteiger partial charge on any atom is 0.135 e. The van der Waals surface area contributed by atoms with Gasteiger partial charge >= 0.3 is 0 Å². The molecular weight excluding hydrogens is 326 g/mol. The molecule has 19 heavy (non-hydrogen) atoms. The lowest BCUT2D eigenvalue weighted by molar-refractivity contribution is 0.931. The second-order valence-electron chi connectivity index (χ2n) is 4.80. The number of hydrogen-bond donors (Lipinski definition) is 1. The van der Waals surface area contributed by atoms with Crippen LogP contribution in [0.2, 0.25) is 5.15 Å². The normalized spacial score (nSPS) is 14.5. The molecule has 0 spiro atoms. The third-order valence-electron chi connectivity index (χ3n) is 3.10. The van der Waals surface area contributed by atoms with E-state index in [1.54, 1.807) is 6.07 Å². The van der Waals surface area contributed by atoms with Crippen LogP contribution >= 0.6 is 27.5 Å². The van der Waals surface area contributed by atoms with Crippen LogP contribution in [-0.4, -0.2) is 9.97 Å². The van der Waals surface area contributed by atoms with E-state index in [4.69, 9.17) is 11.6 Å². The van der Waals surface area contributed by atoms with Gasteiger partial charge in [0, 0.05) is 22.1 Å². The third-order valence-corrected chi connectivity index (χ3v) is 4.15. The molecule has 0 saturated heterocycles. The van der Waals surface area contributed by atoms with Gasteiger partial charge in [-0.05, 0) is 37.5 Å². The van der Waals surface area contributed by atoms with Crippen LogP contribution in [-0.2, 0) is 0 Å². The minimum atomic E-state index is 0.490. The second kappa shape index (κ2) is 5.10. The zero-order valence-corrected chi connectivity index (χ0v) is 12.8. The Morgan fingerprint density at radius 2 is 2.05 bits per heavy atom. The van der Waals surface area contributed by atoms with E-state index in [0.29, 0.717) is 11.1 Å². The average molecular weight is 339 g/mol. The molecule has 0 radical (unpaired) electrons. The maximum atomic E-state index is 6.04. The van der Waals surface area contributed by atoms with Crippen LogP contribution in [0, 0.1) is 6.92 Å². The number of halogens is 2. The smallest absolute Gasteiger partial charge is 0.135 e. The van der Waals surface area contributed by atoms with Gasteiger partial charge in [0.25, 0.3) is 0 Å². The van der Waals surface area contributed by atoms with Crippen LogP contribution in [0.25, 0.3) is 0 Å². The van der Waals surface area contributed by atoms with Crippen molar-refractivity contribution in [1.29, 1.82) is 0 Å². The predicted octanol–water partition coefficient (Wildman–Crippen LogP) is 4.82. The van der Waals surface area contributed by atoms with Gasteiger partial charge in [0.1, 0.15) is 16.8 Å². The maximum absolute atomic E-state index is 6.04. The Balaban J connectivity index is 1.87. The Morgan fingerprint density at radius 1 is 1.26 bits per heavy atom. The summed E-state index contributed by atoms with van der Waals surface area (Å²) in [6.45, 7) is 2.06. The van der Waals surface area contributed by atoms with Crippen molar-refractivity contribution in [3.8, 4) is 0 Å². The van der Waals surface area contributed by atoms with Gasteiger partial charge in [-0.3, -0.25) is 0 Å². The molecule has 1 fully saturated rings. The molecule has 0 bridgehead atoms. The number of anilines is 2. The highest BCUT2D eigenvalue weighted by atomic mass is 79.9. The zero-order valence-electron chi connectivity index (χ0n) is 10.5. The van der Waals surface area contributed by atoms with Crippen LogP contribution in [0.1, 0.15) is 30.1 Å². The van der Waals surface area contributed by atoms with Crippen molar-refractivity contribution in [3.05, 3.63) is 45.3 Å². The van der Waals surface area contributed by atoms with Crippen LogP contribution in [0.4, 0.5) is 11.5 Å². The van der Waals surface area contributed by atoms with Crippen molar-refractivity contribution in [1.82, 2.24) is 9.97 Å². The Hall–Kier alpha value is -1.13. The van der Waals surface area contributed by atoms with Gasteiger partial charge < -0.3 is 5.32 Å². The van der Waals surface area contributed by atoms with E-state index >= 15 is 0 Å². The fourth-order valence-corrected chi connectivity index (χ4v) is 2.41. The summed E-state index contributed by atoms with van der Waals surface area (Å²) in [5.41, 5.74) is 2.18. The molecule has 0 aliphatic heterocycles. The molecule has 1 saturated carbocycles. The van der Waals surface area contributed by atoms with Gasteiger partial charge in [-0.1, -0.05) is 33.6 Å². The summed E-state index contributed by atoms with van der Waals surface area (Å²) in [6.07, 6.45) is 2.33. The molecule has 0 atom stereocenters. The minimum absolute atomic E-state index is 0.490. The van der Waals surface area contributed by atoms with Crippen molar-refractivity contribution < 1.29 is 0 Å². The molecule has 0 amide bonds. The minimum Gasteiger partial charge on any atom is -0.340 e. The predicted molar refractivity (Wildman–Crippen MR) is 81.2 cm³/mol. The second-order valence-corrected chi connectivity index (χ2v) is 6.04. The Labute approximate surface area is 125 Å². The van der Waals surface area contributed by atoms with Crippen molar-refractivity contribution in [2.24, 2.45) is 0 Å². The van der Waals surface area contributed by atoms with Gasteiger partial charge in [0.2, 0.25) is 0 Å². The number of aryl methyl sites for hydroxylation is 1. The largest absolute Gasteiger partial charge is 0.340 e. The Morgan fingerprint density at radius 3 is 2.74 bits per heavy atom. The number of benzene rings is 1. The van der Waals surface area contributed by atoms with Crippen LogP contribution < -0.4 is 5.32 Å². The highest BCUT2D eigenvalue weighted by molar-refractivity contribution is 9.10.